The number of carbonyl (C=O) groups is 2. The summed E-state index contributed by atoms with van der Waals surface area (Å²) in [4.78, 5) is 29.1. The molecule has 1 atom stereocenters. The molecule has 0 spiro atoms. The lowest BCUT2D eigenvalue weighted by Crippen LogP contribution is -2.48. The van der Waals surface area contributed by atoms with E-state index in [0.717, 1.165) is 11.1 Å². The average Bonchev–Trinajstić information content (AvgIpc) is 2.97. The van der Waals surface area contributed by atoms with Crippen LogP contribution in [0.15, 0.2) is 94.8 Å². The first-order valence-electron chi connectivity index (χ1n) is 13.3. The van der Waals surface area contributed by atoms with Crippen LogP contribution in [-0.4, -0.2) is 53.8 Å². The van der Waals surface area contributed by atoms with E-state index in [-0.39, 0.29) is 42.6 Å². The highest BCUT2D eigenvalue weighted by atomic mass is 32.2. The second-order valence-electron chi connectivity index (χ2n) is 9.61. The lowest BCUT2D eigenvalue weighted by atomic mass is 10.1. The summed E-state index contributed by atoms with van der Waals surface area (Å²) < 4.78 is 60.5. The van der Waals surface area contributed by atoms with Gasteiger partial charge in [-0.05, 0) is 43.0 Å². The number of rotatable bonds is 15. The molecule has 0 radical (unpaired) electrons. The number of carbonyl (C=O) groups excluding carboxylic acids is 2. The number of amides is 1. The van der Waals surface area contributed by atoms with Crippen LogP contribution in [0.5, 0.6) is 0 Å². The Morgan fingerprint density at radius 1 is 0.884 bits per heavy atom. The third-order valence-electron chi connectivity index (χ3n) is 5.99. The lowest BCUT2D eigenvalue weighted by Gasteiger charge is -2.18. The number of benzene rings is 3. The monoisotopic (exact) mass is 629 g/mol. The number of sulfonamides is 2. The maximum absolute atomic E-state index is 13.0. The quantitative estimate of drug-likeness (QED) is 0.0847. The van der Waals surface area contributed by atoms with Gasteiger partial charge in [-0.2, -0.15) is 0 Å². The molecule has 5 N–H and O–H groups in total. The molecule has 230 valence electrons. The summed E-state index contributed by atoms with van der Waals surface area (Å²) >= 11 is 0. The summed E-state index contributed by atoms with van der Waals surface area (Å²) in [7, 11) is -7.89. The number of hydrogen-bond acceptors (Lipinski definition) is 8. The van der Waals surface area contributed by atoms with Crippen molar-refractivity contribution in [2.45, 2.75) is 43.1 Å². The van der Waals surface area contributed by atoms with Gasteiger partial charge in [-0.1, -0.05) is 78.4 Å². The largest absolute Gasteiger partial charge is 0.460 e. The number of nitrogens with two attached hydrogens (primary N) is 1. The van der Waals surface area contributed by atoms with E-state index >= 15 is 0 Å². The van der Waals surface area contributed by atoms with Crippen LogP contribution in [0.3, 0.4) is 0 Å². The molecular formula is C29H35N5O7S2. The highest BCUT2D eigenvalue weighted by molar-refractivity contribution is 7.90. The first-order chi connectivity index (χ1) is 20.4. The standard InChI is InChI=1S/C29H35N5O7S2/c1-22-14-16-25(17-15-22)43(39,40)34-29(30)31-18-8-13-26(33-42(37,38)21-24-11-6-3-7-12-24)28(36)32-19-27(35)41-20-23-9-4-2-5-10-23/h2-7,9-12,14-17,26,33H,8,13,18-21H2,1H3,(H,32,36)(H3,30,31,34)/t26-/m1/s1. The van der Waals surface area contributed by atoms with Gasteiger partial charge in [-0.15, -0.1) is 0 Å². The average molecular weight is 630 g/mol. The van der Waals surface area contributed by atoms with Crippen LogP contribution in [0.25, 0.3) is 0 Å². The number of guanidine groups is 1. The summed E-state index contributed by atoms with van der Waals surface area (Å²) in [5.74, 6) is -2.14. The second-order valence-corrected chi connectivity index (χ2v) is 13.0. The van der Waals surface area contributed by atoms with Gasteiger partial charge < -0.3 is 15.8 Å². The Hall–Kier alpha value is -4.27. The van der Waals surface area contributed by atoms with E-state index in [1.165, 1.54) is 12.1 Å². The zero-order chi connectivity index (χ0) is 31.3. The number of aliphatic imine (C=N–C) groups is 1. The Bertz CT molecular complexity index is 1600. The molecule has 0 aromatic heterocycles. The molecule has 0 bridgehead atoms. The van der Waals surface area contributed by atoms with Gasteiger partial charge in [-0.25, -0.2) is 26.3 Å². The molecule has 0 saturated heterocycles. The first-order valence-corrected chi connectivity index (χ1v) is 16.5. The zero-order valence-electron chi connectivity index (χ0n) is 23.6. The molecule has 43 heavy (non-hydrogen) atoms. The third-order valence-corrected chi connectivity index (χ3v) is 8.72. The van der Waals surface area contributed by atoms with E-state index in [2.05, 4.69) is 19.8 Å². The third kappa shape index (κ3) is 11.9. The molecule has 0 aliphatic rings. The van der Waals surface area contributed by atoms with Crippen molar-refractivity contribution in [3.8, 4) is 0 Å². The number of nitrogens with zero attached hydrogens (tertiary/aromatic N) is 1. The van der Waals surface area contributed by atoms with E-state index in [0.29, 0.717) is 5.56 Å². The van der Waals surface area contributed by atoms with Crippen molar-refractivity contribution in [2.75, 3.05) is 13.1 Å². The molecule has 0 fully saturated rings. The minimum atomic E-state index is -3.95. The fraction of sp³-hybridized carbons (Fsp3) is 0.276. The maximum atomic E-state index is 13.0. The van der Waals surface area contributed by atoms with Gasteiger partial charge >= 0.3 is 5.97 Å². The molecule has 0 heterocycles. The van der Waals surface area contributed by atoms with Crippen molar-refractivity contribution >= 4 is 37.9 Å². The molecule has 1 amide bonds. The van der Waals surface area contributed by atoms with Crippen molar-refractivity contribution < 1.29 is 31.2 Å². The SMILES string of the molecule is Cc1ccc(S(=O)(=O)NC(N)=NCCC[C@@H](NS(=O)(=O)Cc2ccccc2)C(=O)NCC(=O)OCc2ccccc2)cc1. The number of hydrogen-bond donors (Lipinski definition) is 4. The van der Waals surface area contributed by atoms with E-state index < -0.39 is 44.5 Å². The predicted octanol–water partition coefficient (Wildman–Crippen LogP) is 1.72. The minimum absolute atomic E-state index is 0.00837. The summed E-state index contributed by atoms with van der Waals surface area (Å²) in [5.41, 5.74) is 7.95. The summed E-state index contributed by atoms with van der Waals surface area (Å²) in [6.07, 6.45) is 0.151. The van der Waals surface area contributed by atoms with E-state index in [1.54, 1.807) is 66.7 Å². The van der Waals surface area contributed by atoms with Gasteiger partial charge in [0.25, 0.3) is 10.0 Å². The number of nitrogens with one attached hydrogen (secondary N) is 3. The first kappa shape index (κ1) is 33.2. The van der Waals surface area contributed by atoms with Gasteiger partial charge in [0.2, 0.25) is 21.9 Å². The summed E-state index contributed by atoms with van der Waals surface area (Å²) in [5, 5.41) is 2.42. The van der Waals surface area contributed by atoms with Crippen molar-refractivity contribution in [2.24, 2.45) is 10.7 Å². The zero-order valence-corrected chi connectivity index (χ0v) is 25.2. The minimum Gasteiger partial charge on any atom is -0.460 e. The van der Waals surface area contributed by atoms with Crippen LogP contribution in [-0.2, 0) is 46.7 Å². The van der Waals surface area contributed by atoms with Crippen LogP contribution in [0.2, 0.25) is 0 Å². The molecule has 14 heteroatoms. The highest BCUT2D eigenvalue weighted by Crippen LogP contribution is 2.10. The topological polar surface area (TPSA) is 186 Å². The summed E-state index contributed by atoms with van der Waals surface area (Å²) in [6.45, 7) is 1.38. The highest BCUT2D eigenvalue weighted by Gasteiger charge is 2.25. The van der Waals surface area contributed by atoms with Gasteiger partial charge in [0, 0.05) is 6.54 Å². The van der Waals surface area contributed by atoms with Crippen LogP contribution in [0.1, 0.15) is 29.5 Å². The molecule has 3 aromatic rings. The molecule has 0 unspecified atom stereocenters. The molecular weight excluding hydrogens is 594 g/mol. The molecule has 3 aromatic carbocycles. The molecule has 0 aliphatic carbocycles. The maximum Gasteiger partial charge on any atom is 0.325 e. The number of esters is 1. The predicted molar refractivity (Wildman–Crippen MR) is 162 cm³/mol. The van der Waals surface area contributed by atoms with Crippen molar-refractivity contribution in [3.63, 3.8) is 0 Å². The summed E-state index contributed by atoms with van der Waals surface area (Å²) in [6, 6.07) is 22.4. The van der Waals surface area contributed by atoms with Crippen molar-refractivity contribution in [3.05, 3.63) is 102 Å². The Kier molecular flexibility index (Phi) is 12.2. The van der Waals surface area contributed by atoms with Crippen LogP contribution in [0, 0.1) is 6.92 Å². The Balaban J connectivity index is 1.59. The van der Waals surface area contributed by atoms with E-state index in [4.69, 9.17) is 10.5 Å². The smallest absolute Gasteiger partial charge is 0.325 e. The molecule has 0 aliphatic heterocycles. The van der Waals surface area contributed by atoms with Gasteiger partial charge in [-0.3, -0.25) is 14.6 Å². The molecule has 3 rings (SSSR count). The fourth-order valence-corrected chi connectivity index (χ4v) is 6.13. The van der Waals surface area contributed by atoms with Crippen molar-refractivity contribution in [1.29, 1.82) is 0 Å². The Morgan fingerprint density at radius 2 is 1.49 bits per heavy atom. The number of aryl methyl sites for hydroxylation is 1. The molecule has 12 nitrogen and oxygen atoms in total. The van der Waals surface area contributed by atoms with Gasteiger partial charge in [0.1, 0.15) is 19.2 Å². The van der Waals surface area contributed by atoms with Crippen LogP contribution < -0.4 is 20.5 Å². The normalized spacial score (nSPS) is 12.7. The van der Waals surface area contributed by atoms with Gasteiger partial charge in [0.15, 0.2) is 0 Å². The lowest BCUT2D eigenvalue weighted by molar-refractivity contribution is -0.145. The van der Waals surface area contributed by atoms with Crippen LogP contribution in [0.4, 0.5) is 0 Å². The van der Waals surface area contributed by atoms with E-state index in [9.17, 15) is 26.4 Å². The Labute approximate surface area is 251 Å². The Morgan fingerprint density at radius 3 is 2.12 bits per heavy atom. The number of ether oxygens (including phenoxy) is 1. The van der Waals surface area contributed by atoms with Crippen LogP contribution >= 0.6 is 0 Å². The van der Waals surface area contributed by atoms with E-state index in [1.807, 2.05) is 13.0 Å². The van der Waals surface area contributed by atoms with Crippen molar-refractivity contribution in [1.82, 2.24) is 14.8 Å². The molecule has 0 saturated carbocycles. The fourth-order valence-electron chi connectivity index (χ4n) is 3.81. The van der Waals surface area contributed by atoms with Gasteiger partial charge in [0.05, 0.1) is 10.6 Å². The second kappa shape index (κ2) is 15.8.